The van der Waals surface area contributed by atoms with Gasteiger partial charge in [0.05, 0.1) is 6.61 Å². The predicted octanol–water partition coefficient (Wildman–Crippen LogP) is 2.52. The first-order valence-corrected chi connectivity index (χ1v) is 7.95. The highest BCUT2D eigenvalue weighted by molar-refractivity contribution is 7.99. The lowest BCUT2D eigenvalue weighted by Crippen LogP contribution is -2.38. The highest BCUT2D eigenvalue weighted by atomic mass is 32.2. The van der Waals surface area contributed by atoms with Crippen LogP contribution in [0.3, 0.4) is 0 Å². The van der Waals surface area contributed by atoms with Gasteiger partial charge in [-0.05, 0) is 37.8 Å². The maximum Gasteiger partial charge on any atom is 0.0564 e. The second-order valence-electron chi connectivity index (χ2n) is 5.12. The summed E-state index contributed by atoms with van der Waals surface area (Å²) in [7, 11) is 4.09. The van der Waals surface area contributed by atoms with Gasteiger partial charge in [0.25, 0.3) is 0 Å². The Bertz CT molecular complexity index is 363. The van der Waals surface area contributed by atoms with E-state index >= 15 is 0 Å². The molecule has 108 valence electrons. The van der Waals surface area contributed by atoms with Crippen LogP contribution in [-0.4, -0.2) is 43.4 Å². The number of anilines is 1. The first-order chi connectivity index (χ1) is 8.99. The number of nitrogens with one attached hydrogen (secondary N) is 1. The molecule has 1 aromatic carbocycles. The van der Waals surface area contributed by atoms with Crippen molar-refractivity contribution in [2.45, 2.75) is 31.2 Å². The molecule has 3 nitrogen and oxygen atoms in total. The maximum atomic E-state index is 9.31. The van der Waals surface area contributed by atoms with E-state index in [1.807, 2.05) is 20.4 Å². The molecule has 0 saturated heterocycles. The average Bonchev–Trinajstić information content (AvgIpc) is 2.40. The average molecular weight is 282 g/mol. The van der Waals surface area contributed by atoms with E-state index in [-0.39, 0.29) is 23.9 Å². The highest BCUT2D eigenvalue weighted by Crippen LogP contribution is 2.20. The van der Waals surface area contributed by atoms with Gasteiger partial charge in [0.2, 0.25) is 0 Å². The molecule has 0 radical (unpaired) electrons. The Kier molecular flexibility index (Phi) is 6.69. The Morgan fingerprint density at radius 2 is 1.79 bits per heavy atom. The fraction of sp³-hybridized carbons (Fsp3) is 0.600. The van der Waals surface area contributed by atoms with Crippen LogP contribution in [0.5, 0.6) is 0 Å². The van der Waals surface area contributed by atoms with Crippen molar-refractivity contribution in [2.75, 3.05) is 31.9 Å². The van der Waals surface area contributed by atoms with E-state index in [1.165, 1.54) is 11.3 Å². The molecule has 0 aliphatic rings. The summed E-state index contributed by atoms with van der Waals surface area (Å²) in [5, 5.41) is 13.1. The van der Waals surface area contributed by atoms with Crippen LogP contribution in [0.25, 0.3) is 0 Å². The summed E-state index contributed by atoms with van der Waals surface area (Å²) in [6, 6.07) is 9.16. The van der Waals surface area contributed by atoms with Crippen molar-refractivity contribution in [2.24, 2.45) is 0 Å². The zero-order valence-electron chi connectivity index (χ0n) is 12.6. The molecule has 4 heteroatoms. The quantitative estimate of drug-likeness (QED) is 0.805. The number of hydrogen-bond acceptors (Lipinski definition) is 4. The van der Waals surface area contributed by atoms with Crippen LogP contribution in [-0.2, 0) is 0 Å². The van der Waals surface area contributed by atoms with Crippen molar-refractivity contribution >= 4 is 17.4 Å². The van der Waals surface area contributed by atoms with Crippen LogP contribution in [0.4, 0.5) is 5.69 Å². The summed E-state index contributed by atoms with van der Waals surface area (Å²) in [4.78, 5) is 2.10. The van der Waals surface area contributed by atoms with Gasteiger partial charge in [-0.25, -0.2) is 0 Å². The fourth-order valence-electron chi connectivity index (χ4n) is 2.10. The molecule has 3 atom stereocenters. The van der Waals surface area contributed by atoms with Gasteiger partial charge in [0.1, 0.15) is 0 Å². The lowest BCUT2D eigenvalue weighted by molar-refractivity contribution is 0.272. The van der Waals surface area contributed by atoms with Crippen LogP contribution >= 0.6 is 11.8 Å². The van der Waals surface area contributed by atoms with E-state index in [9.17, 15) is 5.11 Å². The van der Waals surface area contributed by atoms with Crippen molar-refractivity contribution in [1.29, 1.82) is 0 Å². The molecule has 3 unspecified atom stereocenters. The van der Waals surface area contributed by atoms with E-state index in [0.29, 0.717) is 0 Å². The summed E-state index contributed by atoms with van der Waals surface area (Å²) < 4.78 is 0. The van der Waals surface area contributed by atoms with Gasteiger partial charge in [-0.2, -0.15) is 11.8 Å². The highest BCUT2D eigenvalue weighted by Gasteiger charge is 2.17. The number of nitrogens with zero attached hydrogens (tertiary/aromatic N) is 1. The van der Waals surface area contributed by atoms with Gasteiger partial charge in [-0.1, -0.05) is 12.1 Å². The fourth-order valence-corrected chi connectivity index (χ4v) is 2.73. The van der Waals surface area contributed by atoms with Crippen LogP contribution in [0.1, 0.15) is 25.5 Å². The van der Waals surface area contributed by atoms with Crippen molar-refractivity contribution in [3.63, 3.8) is 0 Å². The number of aliphatic hydroxyl groups excluding tert-OH is 1. The first kappa shape index (κ1) is 16.3. The minimum absolute atomic E-state index is 0.210. The van der Waals surface area contributed by atoms with Crippen LogP contribution in [0.2, 0.25) is 0 Å². The molecule has 0 aliphatic carbocycles. The minimum Gasteiger partial charge on any atom is -0.395 e. The Morgan fingerprint density at radius 1 is 1.21 bits per heavy atom. The normalized spacial score (nSPS) is 15.9. The molecule has 0 aliphatic heterocycles. The standard InChI is InChI=1S/C15H26N2OS/c1-11(16-12(2)15(10-18)19-5)13-6-8-14(9-7-13)17(3)4/h6-9,11-12,15-16,18H,10H2,1-5H3. The van der Waals surface area contributed by atoms with Gasteiger partial charge in [-0.3, -0.25) is 0 Å². The van der Waals surface area contributed by atoms with Crippen molar-refractivity contribution in [1.82, 2.24) is 5.32 Å². The van der Waals surface area contributed by atoms with Gasteiger partial charge in [0, 0.05) is 37.1 Å². The predicted molar refractivity (Wildman–Crippen MR) is 86.2 cm³/mol. The van der Waals surface area contributed by atoms with Crippen molar-refractivity contribution in [3.05, 3.63) is 29.8 Å². The van der Waals surface area contributed by atoms with E-state index in [1.54, 1.807) is 11.8 Å². The summed E-state index contributed by atoms with van der Waals surface area (Å²) in [6.07, 6.45) is 2.04. The Hall–Kier alpha value is -0.710. The second-order valence-corrected chi connectivity index (χ2v) is 6.20. The maximum absolute atomic E-state index is 9.31. The molecule has 0 saturated carbocycles. The third-order valence-corrected chi connectivity index (χ3v) is 4.63. The van der Waals surface area contributed by atoms with Gasteiger partial charge in [0.15, 0.2) is 0 Å². The molecular formula is C15H26N2OS. The monoisotopic (exact) mass is 282 g/mol. The Morgan fingerprint density at radius 3 is 2.21 bits per heavy atom. The van der Waals surface area contributed by atoms with Crippen LogP contribution < -0.4 is 10.2 Å². The summed E-state index contributed by atoms with van der Waals surface area (Å²) in [6.45, 7) is 4.50. The first-order valence-electron chi connectivity index (χ1n) is 6.66. The van der Waals surface area contributed by atoms with Crippen LogP contribution in [0.15, 0.2) is 24.3 Å². The minimum atomic E-state index is 0.210. The summed E-state index contributed by atoms with van der Waals surface area (Å²) in [5.74, 6) is 0. The van der Waals surface area contributed by atoms with E-state index in [2.05, 4.69) is 48.3 Å². The lowest BCUT2D eigenvalue weighted by Gasteiger charge is -2.26. The molecule has 1 aromatic rings. The van der Waals surface area contributed by atoms with E-state index in [0.717, 1.165) is 0 Å². The summed E-state index contributed by atoms with van der Waals surface area (Å²) >= 11 is 1.70. The third kappa shape index (κ3) is 4.71. The molecular weight excluding hydrogens is 256 g/mol. The zero-order chi connectivity index (χ0) is 14.4. The number of rotatable bonds is 7. The summed E-state index contributed by atoms with van der Waals surface area (Å²) in [5.41, 5.74) is 2.48. The molecule has 0 aromatic heterocycles. The van der Waals surface area contributed by atoms with Gasteiger partial charge < -0.3 is 15.3 Å². The number of thioether (sulfide) groups is 1. The largest absolute Gasteiger partial charge is 0.395 e. The second kappa shape index (κ2) is 7.78. The van der Waals surface area contributed by atoms with Gasteiger partial charge in [-0.15, -0.1) is 0 Å². The van der Waals surface area contributed by atoms with E-state index < -0.39 is 0 Å². The Labute approximate surface area is 121 Å². The number of aliphatic hydroxyl groups is 1. The smallest absolute Gasteiger partial charge is 0.0564 e. The Balaban J connectivity index is 2.64. The molecule has 0 amide bonds. The third-order valence-electron chi connectivity index (χ3n) is 3.46. The topological polar surface area (TPSA) is 35.5 Å². The van der Waals surface area contributed by atoms with Gasteiger partial charge >= 0.3 is 0 Å². The number of hydrogen-bond donors (Lipinski definition) is 2. The van der Waals surface area contributed by atoms with Crippen molar-refractivity contribution < 1.29 is 5.11 Å². The molecule has 2 N–H and O–H groups in total. The molecule has 0 fully saturated rings. The lowest BCUT2D eigenvalue weighted by atomic mass is 10.1. The molecule has 0 spiro atoms. The SMILES string of the molecule is CSC(CO)C(C)NC(C)c1ccc(N(C)C)cc1. The zero-order valence-corrected chi connectivity index (χ0v) is 13.4. The van der Waals surface area contributed by atoms with Crippen molar-refractivity contribution in [3.8, 4) is 0 Å². The van der Waals surface area contributed by atoms with Crippen LogP contribution in [0, 0.1) is 0 Å². The molecule has 0 heterocycles. The van der Waals surface area contributed by atoms with E-state index in [4.69, 9.17) is 0 Å². The molecule has 1 rings (SSSR count). The molecule has 19 heavy (non-hydrogen) atoms. The number of benzene rings is 1. The molecule has 0 bridgehead atoms.